The molecule has 2 atom stereocenters. The largest absolute Gasteiger partial charge is 0.466 e. The highest BCUT2D eigenvalue weighted by molar-refractivity contribution is 5.76. The number of allylic oxidation sites excluding steroid dienone is 6. The molecule has 0 aromatic heterocycles. The number of ether oxygens (including phenoxy) is 1. The van der Waals surface area contributed by atoms with Crippen LogP contribution >= 0.6 is 0 Å². The Labute approximate surface area is 379 Å². The molecule has 0 saturated heterocycles. The fraction of sp³-hybridized carbons (Fsp3) is 0.855. The van der Waals surface area contributed by atoms with Crippen molar-refractivity contribution in [3.8, 4) is 0 Å². The smallest absolute Gasteiger partial charge is 0.305 e. The van der Waals surface area contributed by atoms with E-state index in [9.17, 15) is 19.8 Å². The van der Waals surface area contributed by atoms with Crippen molar-refractivity contribution in [2.75, 3.05) is 13.2 Å². The molecule has 0 aromatic rings. The maximum atomic E-state index is 12.4. The zero-order valence-corrected chi connectivity index (χ0v) is 40.6. The number of hydrogen-bond acceptors (Lipinski definition) is 5. The van der Waals surface area contributed by atoms with E-state index in [1.165, 1.54) is 186 Å². The van der Waals surface area contributed by atoms with Gasteiger partial charge in [-0.3, -0.25) is 9.59 Å². The quantitative estimate of drug-likeness (QED) is 0.0322. The van der Waals surface area contributed by atoms with Gasteiger partial charge in [0.05, 0.1) is 25.4 Å². The predicted molar refractivity (Wildman–Crippen MR) is 264 cm³/mol. The van der Waals surface area contributed by atoms with Crippen molar-refractivity contribution in [3.05, 3.63) is 36.5 Å². The van der Waals surface area contributed by atoms with Crippen molar-refractivity contribution in [3.63, 3.8) is 0 Å². The molecular formula is C55H103NO5. The van der Waals surface area contributed by atoms with Gasteiger partial charge in [0.25, 0.3) is 0 Å². The first-order valence-corrected chi connectivity index (χ1v) is 26.7. The number of amides is 1. The normalized spacial score (nSPS) is 12.9. The number of nitrogens with one attached hydrogen (secondary N) is 1. The fourth-order valence-corrected chi connectivity index (χ4v) is 8.04. The molecule has 1 amide bonds. The van der Waals surface area contributed by atoms with E-state index in [0.29, 0.717) is 32.3 Å². The van der Waals surface area contributed by atoms with Crippen molar-refractivity contribution < 1.29 is 24.5 Å². The Kier molecular flexibility index (Phi) is 49.1. The van der Waals surface area contributed by atoms with Crippen LogP contribution in [0.1, 0.15) is 277 Å². The van der Waals surface area contributed by atoms with Crippen molar-refractivity contribution in [2.24, 2.45) is 0 Å². The monoisotopic (exact) mass is 858 g/mol. The minimum Gasteiger partial charge on any atom is -0.466 e. The number of esters is 1. The van der Waals surface area contributed by atoms with E-state index in [0.717, 1.165) is 51.4 Å². The Bertz CT molecular complexity index is 993. The third-order valence-electron chi connectivity index (χ3n) is 12.2. The van der Waals surface area contributed by atoms with Gasteiger partial charge in [-0.15, -0.1) is 0 Å². The molecular weight excluding hydrogens is 755 g/mol. The van der Waals surface area contributed by atoms with Gasteiger partial charge in [-0.05, 0) is 70.6 Å². The second-order valence-corrected chi connectivity index (χ2v) is 18.2. The fourth-order valence-electron chi connectivity index (χ4n) is 8.04. The molecule has 2 unspecified atom stereocenters. The average Bonchev–Trinajstić information content (AvgIpc) is 3.26. The van der Waals surface area contributed by atoms with Crippen LogP contribution in [-0.2, 0) is 14.3 Å². The van der Waals surface area contributed by atoms with Crippen LogP contribution in [0.25, 0.3) is 0 Å². The van der Waals surface area contributed by atoms with Gasteiger partial charge in [-0.25, -0.2) is 0 Å². The van der Waals surface area contributed by atoms with Crippen LogP contribution in [0, 0.1) is 0 Å². The SMILES string of the molecule is CCCCCCCCC/C=C\CCCCCCCC(=O)OCCCCCCCC/C=C\C/C=C\CCC(=O)NC(CO)C(O)CCCCCCCCCCCCCCCCC. The lowest BCUT2D eigenvalue weighted by atomic mass is 10.0. The number of carbonyl (C=O) groups excluding carboxylic acids is 2. The number of carbonyl (C=O) groups is 2. The van der Waals surface area contributed by atoms with E-state index in [2.05, 4.69) is 49.5 Å². The molecule has 0 saturated carbocycles. The average molecular weight is 858 g/mol. The Balaban J connectivity index is 3.55. The summed E-state index contributed by atoms with van der Waals surface area (Å²) in [6.45, 7) is 4.88. The molecule has 358 valence electrons. The summed E-state index contributed by atoms with van der Waals surface area (Å²) < 4.78 is 5.45. The highest BCUT2D eigenvalue weighted by atomic mass is 16.5. The van der Waals surface area contributed by atoms with Crippen LogP contribution in [0.15, 0.2) is 36.5 Å². The summed E-state index contributed by atoms with van der Waals surface area (Å²) in [5.41, 5.74) is 0. The number of unbranched alkanes of at least 4 members (excludes halogenated alkanes) is 32. The summed E-state index contributed by atoms with van der Waals surface area (Å²) in [5, 5.41) is 23.1. The summed E-state index contributed by atoms with van der Waals surface area (Å²) in [4.78, 5) is 24.5. The number of rotatable bonds is 49. The standard InChI is InChI=1S/C55H103NO5/c1-3-5-7-9-11-13-15-17-19-21-25-29-33-37-41-45-49-55(60)61-50-46-42-38-34-30-26-22-24-28-32-36-40-44-48-54(59)56-52(51-57)53(58)47-43-39-35-31-27-23-20-18-16-14-12-10-8-6-4-2/h19,21,24,28,36,40,52-53,57-58H,3-18,20,22-23,25-27,29-35,37-39,41-51H2,1-2H3,(H,56,59)/b21-19-,28-24-,40-36-. The first-order valence-electron chi connectivity index (χ1n) is 26.7. The van der Waals surface area contributed by atoms with Crippen LogP contribution in [0.5, 0.6) is 0 Å². The predicted octanol–water partition coefficient (Wildman–Crippen LogP) is 16.1. The van der Waals surface area contributed by atoms with Crippen LogP contribution in [0.2, 0.25) is 0 Å². The third-order valence-corrected chi connectivity index (χ3v) is 12.2. The zero-order chi connectivity index (χ0) is 44.4. The molecule has 0 rings (SSSR count). The second kappa shape index (κ2) is 50.7. The van der Waals surface area contributed by atoms with E-state index in [4.69, 9.17) is 4.74 Å². The van der Waals surface area contributed by atoms with E-state index in [1.54, 1.807) is 0 Å². The van der Waals surface area contributed by atoms with Crippen LogP contribution in [0.4, 0.5) is 0 Å². The van der Waals surface area contributed by atoms with Crippen molar-refractivity contribution in [1.29, 1.82) is 0 Å². The maximum Gasteiger partial charge on any atom is 0.305 e. The summed E-state index contributed by atoms with van der Waals surface area (Å²) in [6.07, 6.45) is 61.3. The maximum absolute atomic E-state index is 12.4. The van der Waals surface area contributed by atoms with E-state index in [1.807, 2.05) is 6.08 Å². The molecule has 6 heteroatoms. The summed E-state index contributed by atoms with van der Waals surface area (Å²) in [7, 11) is 0. The van der Waals surface area contributed by atoms with Gasteiger partial charge in [0, 0.05) is 12.8 Å². The van der Waals surface area contributed by atoms with Gasteiger partial charge in [-0.2, -0.15) is 0 Å². The van der Waals surface area contributed by atoms with Gasteiger partial charge in [0.1, 0.15) is 0 Å². The zero-order valence-electron chi connectivity index (χ0n) is 40.6. The second-order valence-electron chi connectivity index (χ2n) is 18.2. The highest BCUT2D eigenvalue weighted by Crippen LogP contribution is 2.16. The molecule has 0 aliphatic heterocycles. The van der Waals surface area contributed by atoms with Crippen LogP contribution < -0.4 is 5.32 Å². The van der Waals surface area contributed by atoms with Gasteiger partial charge in [-0.1, -0.05) is 230 Å². The third kappa shape index (κ3) is 47.4. The molecule has 0 aromatic carbocycles. The Morgan fingerprint density at radius 1 is 0.459 bits per heavy atom. The topological polar surface area (TPSA) is 95.9 Å². The number of aliphatic hydroxyl groups is 2. The molecule has 0 fully saturated rings. The number of hydrogen-bond donors (Lipinski definition) is 3. The van der Waals surface area contributed by atoms with Crippen LogP contribution in [-0.4, -0.2) is 47.4 Å². The van der Waals surface area contributed by atoms with Gasteiger partial charge >= 0.3 is 5.97 Å². The van der Waals surface area contributed by atoms with Crippen molar-refractivity contribution in [2.45, 2.75) is 289 Å². The Hall–Kier alpha value is -1.92. The molecule has 6 nitrogen and oxygen atoms in total. The first-order chi connectivity index (χ1) is 30.0. The minimum absolute atomic E-state index is 0.0246. The summed E-state index contributed by atoms with van der Waals surface area (Å²) >= 11 is 0. The Morgan fingerprint density at radius 3 is 1.30 bits per heavy atom. The van der Waals surface area contributed by atoms with Crippen molar-refractivity contribution in [1.82, 2.24) is 5.32 Å². The number of aliphatic hydroxyl groups excluding tert-OH is 2. The molecule has 0 spiro atoms. The lowest BCUT2D eigenvalue weighted by molar-refractivity contribution is -0.143. The van der Waals surface area contributed by atoms with E-state index in [-0.39, 0.29) is 18.5 Å². The molecule has 0 radical (unpaired) electrons. The highest BCUT2D eigenvalue weighted by Gasteiger charge is 2.19. The summed E-state index contributed by atoms with van der Waals surface area (Å²) in [6, 6.07) is -0.586. The lowest BCUT2D eigenvalue weighted by Gasteiger charge is -2.22. The molecule has 3 N–H and O–H groups in total. The molecule has 0 bridgehead atoms. The molecule has 0 aliphatic rings. The van der Waals surface area contributed by atoms with Gasteiger partial charge in [0.15, 0.2) is 0 Å². The van der Waals surface area contributed by atoms with E-state index < -0.39 is 12.1 Å². The van der Waals surface area contributed by atoms with Crippen LogP contribution in [0.3, 0.4) is 0 Å². The van der Waals surface area contributed by atoms with Gasteiger partial charge < -0.3 is 20.3 Å². The summed E-state index contributed by atoms with van der Waals surface area (Å²) in [5.74, 6) is -0.140. The van der Waals surface area contributed by atoms with E-state index >= 15 is 0 Å². The van der Waals surface area contributed by atoms with Crippen molar-refractivity contribution >= 4 is 11.9 Å². The molecule has 0 heterocycles. The molecule has 61 heavy (non-hydrogen) atoms. The molecule has 0 aliphatic carbocycles. The lowest BCUT2D eigenvalue weighted by Crippen LogP contribution is -2.45. The minimum atomic E-state index is -0.699. The Morgan fingerprint density at radius 2 is 0.836 bits per heavy atom. The van der Waals surface area contributed by atoms with Gasteiger partial charge in [0.2, 0.25) is 5.91 Å². The first kappa shape index (κ1) is 59.1.